The molecule has 0 aromatic heterocycles. The third-order valence-corrected chi connectivity index (χ3v) is 5.58. The van der Waals surface area contributed by atoms with Crippen LogP contribution in [0, 0.1) is 35.0 Å². The van der Waals surface area contributed by atoms with E-state index < -0.39 is 5.91 Å². The number of nitrogens with one attached hydrogen (secondary N) is 2. The van der Waals surface area contributed by atoms with Crippen LogP contribution in [0.4, 0.5) is 0 Å². The second-order valence-corrected chi connectivity index (χ2v) is 7.42. The third kappa shape index (κ3) is 3.72. The van der Waals surface area contributed by atoms with Crippen LogP contribution in [-0.2, 0) is 9.59 Å². The van der Waals surface area contributed by atoms with E-state index in [0.717, 1.165) is 11.8 Å². The van der Waals surface area contributed by atoms with Crippen LogP contribution in [0.5, 0.6) is 0 Å². The van der Waals surface area contributed by atoms with Crippen molar-refractivity contribution >= 4 is 17.5 Å². The standard InChI is InChI=1S/C17H24N4O2/c1-10(20-21-15(22)2-3-18)4-16(23)19-17-13-6-11-5-12(8-13)9-14(17)7-11/h11-14,17H,2,4-9H2,1H3,(H,19,23)(H,21,22)/b20-10-. The Labute approximate surface area is 136 Å². The molecule has 124 valence electrons. The number of hydrogen-bond acceptors (Lipinski definition) is 4. The van der Waals surface area contributed by atoms with E-state index in [1.165, 1.54) is 32.1 Å². The van der Waals surface area contributed by atoms with Gasteiger partial charge in [-0.15, -0.1) is 0 Å². The van der Waals surface area contributed by atoms with E-state index in [1.807, 2.05) is 0 Å². The Balaban J connectivity index is 1.49. The molecule has 4 rings (SSSR count). The second-order valence-electron chi connectivity index (χ2n) is 7.42. The van der Waals surface area contributed by atoms with E-state index in [-0.39, 0.29) is 18.7 Å². The van der Waals surface area contributed by atoms with Crippen molar-refractivity contribution in [2.24, 2.45) is 28.8 Å². The van der Waals surface area contributed by atoms with Crippen molar-refractivity contribution in [3.8, 4) is 6.07 Å². The zero-order valence-corrected chi connectivity index (χ0v) is 13.5. The van der Waals surface area contributed by atoms with Crippen molar-refractivity contribution in [3.05, 3.63) is 0 Å². The molecule has 4 aliphatic carbocycles. The first kappa shape index (κ1) is 16.0. The molecule has 0 unspecified atom stereocenters. The highest BCUT2D eigenvalue weighted by molar-refractivity contribution is 6.00. The summed E-state index contributed by atoms with van der Waals surface area (Å²) in [6.45, 7) is 1.71. The van der Waals surface area contributed by atoms with Gasteiger partial charge < -0.3 is 5.32 Å². The van der Waals surface area contributed by atoms with Crippen molar-refractivity contribution in [1.82, 2.24) is 10.7 Å². The summed E-state index contributed by atoms with van der Waals surface area (Å²) in [7, 11) is 0. The normalized spacial score (nSPS) is 34.8. The van der Waals surface area contributed by atoms with Crippen molar-refractivity contribution < 1.29 is 9.59 Å². The summed E-state index contributed by atoms with van der Waals surface area (Å²) in [4.78, 5) is 23.4. The first-order valence-electron chi connectivity index (χ1n) is 8.53. The Morgan fingerprint density at radius 3 is 2.26 bits per heavy atom. The van der Waals surface area contributed by atoms with Crippen molar-refractivity contribution in [2.45, 2.75) is 57.9 Å². The summed E-state index contributed by atoms with van der Waals surface area (Å²) in [5.74, 6) is 2.63. The van der Waals surface area contributed by atoms with E-state index in [0.29, 0.717) is 23.6 Å². The predicted octanol–water partition coefficient (Wildman–Crippen LogP) is 1.72. The average Bonchev–Trinajstić information content (AvgIpc) is 2.48. The fraction of sp³-hybridized carbons (Fsp3) is 0.765. The summed E-state index contributed by atoms with van der Waals surface area (Å²) in [6, 6.07) is 2.09. The van der Waals surface area contributed by atoms with Crippen LogP contribution in [-0.4, -0.2) is 23.6 Å². The summed E-state index contributed by atoms with van der Waals surface area (Å²) < 4.78 is 0. The van der Waals surface area contributed by atoms with Gasteiger partial charge in [-0.05, 0) is 62.7 Å². The zero-order chi connectivity index (χ0) is 16.4. The van der Waals surface area contributed by atoms with Gasteiger partial charge in [0.05, 0.1) is 12.5 Å². The Morgan fingerprint density at radius 2 is 1.70 bits per heavy atom. The fourth-order valence-electron chi connectivity index (χ4n) is 4.94. The molecule has 2 N–H and O–H groups in total. The number of hydrazone groups is 1. The number of carbonyl (C=O) groups is 2. The molecule has 0 aromatic carbocycles. The van der Waals surface area contributed by atoms with Crippen LogP contribution < -0.4 is 10.7 Å². The summed E-state index contributed by atoms with van der Waals surface area (Å²) in [5, 5.41) is 15.5. The minimum Gasteiger partial charge on any atom is -0.352 e. The molecule has 4 fully saturated rings. The lowest BCUT2D eigenvalue weighted by Gasteiger charge is -2.54. The van der Waals surface area contributed by atoms with Gasteiger partial charge in [-0.1, -0.05) is 0 Å². The van der Waals surface area contributed by atoms with Crippen LogP contribution in [0.3, 0.4) is 0 Å². The summed E-state index contributed by atoms with van der Waals surface area (Å²) in [5.41, 5.74) is 2.84. The molecule has 0 aromatic rings. The minimum atomic E-state index is -0.451. The molecule has 2 amide bonds. The number of nitrogens with zero attached hydrogens (tertiary/aromatic N) is 2. The fourth-order valence-corrected chi connectivity index (χ4v) is 4.94. The quantitative estimate of drug-likeness (QED) is 0.597. The topological polar surface area (TPSA) is 94.3 Å². The van der Waals surface area contributed by atoms with Crippen molar-refractivity contribution in [1.29, 1.82) is 5.26 Å². The van der Waals surface area contributed by atoms with Gasteiger partial charge in [0.1, 0.15) is 6.42 Å². The van der Waals surface area contributed by atoms with E-state index in [2.05, 4.69) is 15.8 Å². The van der Waals surface area contributed by atoms with E-state index in [9.17, 15) is 9.59 Å². The Kier molecular flexibility index (Phi) is 4.65. The Hall–Kier alpha value is -1.90. The van der Waals surface area contributed by atoms with Gasteiger partial charge in [0.15, 0.2) is 0 Å². The van der Waals surface area contributed by atoms with Gasteiger partial charge in [-0.25, -0.2) is 5.43 Å². The highest BCUT2D eigenvalue weighted by Gasteiger charge is 2.48. The van der Waals surface area contributed by atoms with Gasteiger partial charge in [0, 0.05) is 11.8 Å². The maximum Gasteiger partial charge on any atom is 0.254 e. The van der Waals surface area contributed by atoms with E-state index >= 15 is 0 Å². The molecular formula is C17H24N4O2. The molecule has 0 radical (unpaired) electrons. The molecular weight excluding hydrogens is 292 g/mol. The molecule has 0 atom stereocenters. The van der Waals surface area contributed by atoms with Gasteiger partial charge >= 0.3 is 0 Å². The predicted molar refractivity (Wildman–Crippen MR) is 85.1 cm³/mol. The molecule has 6 nitrogen and oxygen atoms in total. The Morgan fingerprint density at radius 1 is 1.09 bits per heavy atom. The molecule has 4 bridgehead atoms. The minimum absolute atomic E-state index is 0.0155. The molecule has 4 aliphatic rings. The van der Waals surface area contributed by atoms with Crippen LogP contribution >= 0.6 is 0 Å². The number of rotatable bonds is 5. The molecule has 0 heterocycles. The first-order valence-corrected chi connectivity index (χ1v) is 8.53. The maximum absolute atomic E-state index is 12.3. The second kappa shape index (κ2) is 6.69. The van der Waals surface area contributed by atoms with E-state index in [1.54, 1.807) is 13.0 Å². The highest BCUT2D eigenvalue weighted by Crippen LogP contribution is 2.53. The largest absolute Gasteiger partial charge is 0.352 e. The molecule has 0 aliphatic heterocycles. The first-order chi connectivity index (χ1) is 11.0. The van der Waals surface area contributed by atoms with E-state index in [4.69, 9.17) is 5.26 Å². The van der Waals surface area contributed by atoms with Gasteiger partial charge in [-0.3, -0.25) is 9.59 Å². The number of carbonyl (C=O) groups excluding carboxylic acids is 2. The van der Waals surface area contributed by atoms with Gasteiger partial charge in [0.2, 0.25) is 5.91 Å². The third-order valence-electron chi connectivity index (χ3n) is 5.58. The highest BCUT2D eigenvalue weighted by atomic mass is 16.2. The van der Waals surface area contributed by atoms with Crippen LogP contribution in [0.2, 0.25) is 0 Å². The Bertz CT molecular complexity index is 535. The lowest BCUT2D eigenvalue weighted by atomic mass is 9.54. The van der Waals surface area contributed by atoms with Crippen molar-refractivity contribution in [3.63, 3.8) is 0 Å². The van der Waals surface area contributed by atoms with Crippen molar-refractivity contribution in [2.75, 3.05) is 0 Å². The van der Waals surface area contributed by atoms with Crippen LogP contribution in [0.1, 0.15) is 51.9 Å². The SMILES string of the molecule is C/C(CC(=O)NC1C2CC3CC(C2)CC1C3)=N/NC(=O)CC#N. The molecule has 0 spiro atoms. The van der Waals surface area contributed by atoms with Crippen LogP contribution in [0.15, 0.2) is 5.10 Å². The summed E-state index contributed by atoms with van der Waals surface area (Å²) >= 11 is 0. The van der Waals surface area contributed by atoms with Gasteiger partial charge in [-0.2, -0.15) is 10.4 Å². The monoisotopic (exact) mass is 316 g/mol. The zero-order valence-electron chi connectivity index (χ0n) is 13.5. The number of amides is 2. The molecule has 23 heavy (non-hydrogen) atoms. The lowest BCUT2D eigenvalue weighted by Crippen LogP contribution is -2.56. The maximum atomic E-state index is 12.3. The molecule has 0 saturated heterocycles. The average molecular weight is 316 g/mol. The summed E-state index contributed by atoms with van der Waals surface area (Å²) in [6.07, 6.45) is 6.46. The lowest BCUT2D eigenvalue weighted by molar-refractivity contribution is -0.124. The molecule has 6 heteroatoms. The van der Waals surface area contributed by atoms with Gasteiger partial charge in [0.25, 0.3) is 5.91 Å². The number of nitriles is 1. The molecule has 4 saturated carbocycles. The van der Waals surface area contributed by atoms with Crippen LogP contribution in [0.25, 0.3) is 0 Å². The smallest absolute Gasteiger partial charge is 0.254 e. The number of hydrogen-bond donors (Lipinski definition) is 2.